The number of hydrogen-bond donors (Lipinski definition) is 0. The monoisotopic (exact) mass is 874 g/mol. The summed E-state index contributed by atoms with van der Waals surface area (Å²) in [6.07, 6.45) is 8.87. The number of halogens is 3. The summed E-state index contributed by atoms with van der Waals surface area (Å²) in [5.41, 5.74) is 8.80. The van der Waals surface area contributed by atoms with Crippen LogP contribution in [0.3, 0.4) is 0 Å². The molecule has 0 aliphatic carbocycles. The molecular formula is C44H42BrF2KN6O4. The minimum Gasteiger partial charge on any atom is -1.00 e. The van der Waals surface area contributed by atoms with E-state index in [2.05, 4.69) is 51.6 Å². The molecule has 0 atom stereocenters. The number of hydrogen-bond acceptors (Lipinski definition) is 8. The molecule has 0 amide bonds. The molecule has 14 heteroatoms. The summed E-state index contributed by atoms with van der Waals surface area (Å²) >= 11 is 3.60. The maximum atomic E-state index is 13.1. The standard InChI is InChI=1S/C23H22FN3O2.C21H19BrFN3O2.K.H/c1-4-19-22-18-13-21(29-3)20(28-2)12-16(18)6-5-11-27(22)23(26-19)25-14-15-7-9-17(24)10-8-15;1-27-17-10-14-4-3-9-26-19(16(14)11-18(17)28-2)20(22)25-21(26)24-12-13-5-7-15(23)8-6-13;;/h4,7-10,12-14H,1,5-6,11H2,2-3H3;5-8,10-12H,3-4,9H2,1-2H3;;/q;;+1;-1. The molecule has 294 valence electrons. The second-order valence-corrected chi connectivity index (χ2v) is 14.0. The minimum absolute atomic E-state index is 0. The zero-order valence-corrected chi connectivity index (χ0v) is 37.8. The Hall–Kier alpha value is -4.44. The van der Waals surface area contributed by atoms with E-state index in [4.69, 9.17) is 18.9 Å². The fourth-order valence-corrected chi connectivity index (χ4v) is 7.68. The molecule has 2 aliphatic rings. The van der Waals surface area contributed by atoms with Crippen molar-refractivity contribution in [2.24, 2.45) is 9.98 Å². The molecular weight excluding hydrogens is 834 g/mol. The van der Waals surface area contributed by atoms with E-state index in [-0.39, 0.29) is 64.4 Å². The van der Waals surface area contributed by atoms with Gasteiger partial charge >= 0.3 is 51.4 Å². The predicted molar refractivity (Wildman–Crippen MR) is 224 cm³/mol. The Bertz CT molecular complexity index is 2490. The zero-order chi connectivity index (χ0) is 40.1. The van der Waals surface area contributed by atoms with Crippen molar-refractivity contribution in [2.75, 3.05) is 28.4 Å². The van der Waals surface area contributed by atoms with Crippen molar-refractivity contribution in [3.8, 4) is 45.5 Å². The fraction of sp³-hybridized carbons (Fsp3) is 0.227. The third kappa shape index (κ3) is 9.22. The molecule has 0 bridgehead atoms. The van der Waals surface area contributed by atoms with Crippen molar-refractivity contribution in [1.29, 1.82) is 0 Å². The van der Waals surface area contributed by atoms with Crippen LogP contribution in [0.5, 0.6) is 23.0 Å². The first-order chi connectivity index (χ1) is 27.7. The van der Waals surface area contributed by atoms with E-state index in [1.807, 2.05) is 24.3 Å². The summed E-state index contributed by atoms with van der Waals surface area (Å²) in [5, 5.41) is 0. The van der Waals surface area contributed by atoms with E-state index in [1.165, 1.54) is 35.4 Å². The largest absolute Gasteiger partial charge is 1.00 e. The Kier molecular flexibility index (Phi) is 14.5. The topological polar surface area (TPSA) is 97.3 Å². The van der Waals surface area contributed by atoms with Gasteiger partial charge in [-0.3, -0.25) is 0 Å². The van der Waals surface area contributed by atoms with E-state index in [1.54, 1.807) is 71.2 Å². The fourth-order valence-electron chi connectivity index (χ4n) is 7.09. The molecule has 10 nitrogen and oxygen atoms in total. The average Bonchev–Trinajstić information content (AvgIpc) is 3.58. The Labute approximate surface area is 388 Å². The molecule has 2 aliphatic heterocycles. The number of aromatic nitrogens is 4. The van der Waals surface area contributed by atoms with Gasteiger partial charge in [0.05, 0.1) is 45.5 Å². The number of aryl methyl sites for hydroxylation is 2. The minimum atomic E-state index is -0.272. The summed E-state index contributed by atoms with van der Waals surface area (Å²) in [7, 11) is 6.54. The van der Waals surface area contributed by atoms with E-state index < -0.39 is 0 Å². The van der Waals surface area contributed by atoms with Crippen LogP contribution < -0.4 is 70.3 Å². The molecule has 0 spiro atoms. The number of rotatable bonds is 9. The molecule has 58 heavy (non-hydrogen) atoms. The van der Waals surface area contributed by atoms with E-state index in [0.717, 1.165) is 88.5 Å². The Morgan fingerprint density at radius 2 is 1.07 bits per heavy atom. The Balaban J connectivity index is 0.000000217. The molecule has 8 rings (SSSR count). The number of benzene rings is 4. The van der Waals surface area contributed by atoms with Crippen LogP contribution in [0.25, 0.3) is 28.6 Å². The first kappa shape index (κ1) is 43.1. The van der Waals surface area contributed by atoms with Gasteiger partial charge in [0.1, 0.15) is 16.2 Å². The van der Waals surface area contributed by atoms with Crippen LogP contribution in [0.2, 0.25) is 0 Å². The van der Waals surface area contributed by atoms with E-state index >= 15 is 0 Å². The summed E-state index contributed by atoms with van der Waals surface area (Å²) in [4.78, 5) is 18.4. The Morgan fingerprint density at radius 3 is 1.52 bits per heavy atom. The zero-order valence-electron chi connectivity index (χ0n) is 34.1. The summed E-state index contributed by atoms with van der Waals surface area (Å²) in [6.45, 7) is 5.51. The van der Waals surface area contributed by atoms with E-state index in [9.17, 15) is 8.78 Å². The van der Waals surface area contributed by atoms with Crippen LogP contribution in [0.1, 0.15) is 42.2 Å². The van der Waals surface area contributed by atoms with Crippen LogP contribution in [-0.4, -0.2) is 60.0 Å². The van der Waals surface area contributed by atoms with Crippen molar-refractivity contribution in [1.82, 2.24) is 19.1 Å². The molecule has 6 aromatic rings. The first-order valence-corrected chi connectivity index (χ1v) is 19.1. The maximum absolute atomic E-state index is 13.1. The second-order valence-electron chi connectivity index (χ2n) is 13.3. The summed E-state index contributed by atoms with van der Waals surface area (Å²) in [6, 6.07) is 20.5. The molecule has 4 heterocycles. The second kappa shape index (κ2) is 19.5. The van der Waals surface area contributed by atoms with Gasteiger partial charge in [-0.15, -0.1) is 0 Å². The van der Waals surface area contributed by atoms with Crippen LogP contribution in [0.15, 0.2) is 94.0 Å². The smallest absolute Gasteiger partial charge is 1.00 e. The van der Waals surface area contributed by atoms with Gasteiger partial charge in [-0.2, -0.15) is 0 Å². The van der Waals surface area contributed by atoms with Crippen molar-refractivity contribution in [3.63, 3.8) is 0 Å². The molecule has 0 saturated carbocycles. The van der Waals surface area contributed by atoms with Gasteiger partial charge < -0.3 is 29.5 Å². The maximum Gasteiger partial charge on any atom is 1.00 e. The van der Waals surface area contributed by atoms with Gasteiger partial charge in [-0.05, 0) is 118 Å². The molecule has 4 aromatic carbocycles. The normalized spacial score (nSPS) is 12.8. The quantitative estimate of drug-likeness (QED) is 0.112. The van der Waals surface area contributed by atoms with Gasteiger partial charge in [0, 0.05) is 36.6 Å². The third-order valence-corrected chi connectivity index (χ3v) is 10.4. The van der Waals surface area contributed by atoms with Crippen molar-refractivity contribution < 1.29 is 80.5 Å². The van der Waals surface area contributed by atoms with Gasteiger partial charge in [-0.25, -0.2) is 28.7 Å². The van der Waals surface area contributed by atoms with Gasteiger partial charge in [-0.1, -0.05) is 30.8 Å². The van der Waals surface area contributed by atoms with Gasteiger partial charge in [0.2, 0.25) is 11.9 Å². The van der Waals surface area contributed by atoms with Gasteiger partial charge in [0.25, 0.3) is 0 Å². The average molecular weight is 876 g/mol. The van der Waals surface area contributed by atoms with Crippen LogP contribution >= 0.6 is 15.9 Å². The molecule has 2 aromatic heterocycles. The number of ether oxygens (including phenoxy) is 4. The van der Waals surface area contributed by atoms with Crippen LogP contribution in [0, 0.1) is 11.6 Å². The van der Waals surface area contributed by atoms with Gasteiger partial charge in [0.15, 0.2) is 23.0 Å². The number of fused-ring (bicyclic) bond motifs is 6. The van der Waals surface area contributed by atoms with Crippen molar-refractivity contribution >= 4 is 46.3 Å². The van der Waals surface area contributed by atoms with Crippen molar-refractivity contribution in [3.05, 3.63) is 124 Å². The van der Waals surface area contributed by atoms with E-state index in [0.29, 0.717) is 29.1 Å². The van der Waals surface area contributed by atoms with Crippen molar-refractivity contribution in [2.45, 2.75) is 38.8 Å². The SMILES string of the molecule is C=Cc1nc(N=Cc2ccc(F)cc2)n2c1-c1cc(OC)c(OC)cc1CCC2.COc1cc2c(cc1OC)-c1c(Br)nc(N=Cc3ccc(F)cc3)n1CCC2.[H-].[K+]. The summed E-state index contributed by atoms with van der Waals surface area (Å²) < 4.78 is 53.1. The molecule has 0 fully saturated rings. The predicted octanol–water partition coefficient (Wildman–Crippen LogP) is 7.33. The molecule has 0 unspecified atom stereocenters. The van der Waals surface area contributed by atoms with Crippen LogP contribution in [-0.2, 0) is 25.9 Å². The number of imidazole rings is 2. The summed E-state index contributed by atoms with van der Waals surface area (Å²) in [5.74, 6) is 3.46. The molecule has 0 N–H and O–H groups in total. The number of aliphatic imine (C=N–C) groups is 2. The molecule has 0 radical (unpaired) electrons. The first-order valence-electron chi connectivity index (χ1n) is 18.3. The molecule has 0 saturated heterocycles. The Morgan fingerprint density at radius 1 is 0.655 bits per heavy atom. The van der Waals surface area contributed by atoms with Crippen LogP contribution in [0.4, 0.5) is 20.7 Å². The number of nitrogens with zero attached hydrogens (tertiary/aromatic N) is 6. The number of methoxy groups -OCH3 is 4. The third-order valence-electron chi connectivity index (χ3n) is 9.86.